The van der Waals surface area contributed by atoms with E-state index in [1.54, 1.807) is 0 Å². The summed E-state index contributed by atoms with van der Waals surface area (Å²) in [6, 6.07) is 10.1. The van der Waals surface area contributed by atoms with Gasteiger partial charge in [0.25, 0.3) is 0 Å². The summed E-state index contributed by atoms with van der Waals surface area (Å²) in [5, 5.41) is 0. The van der Waals surface area contributed by atoms with Crippen molar-refractivity contribution in [2.45, 2.75) is 39.3 Å². The fourth-order valence-electron chi connectivity index (χ4n) is 1.36. The molecule has 0 saturated carbocycles. The van der Waals surface area contributed by atoms with Crippen molar-refractivity contribution in [1.29, 1.82) is 0 Å². The molecule has 0 aliphatic heterocycles. The Balaban J connectivity index is 2.40. The largest absolute Gasteiger partial charge is 0.546 e. The summed E-state index contributed by atoms with van der Waals surface area (Å²) in [5.41, 5.74) is 1.17. The van der Waals surface area contributed by atoms with Gasteiger partial charge >= 0.3 is 0 Å². The maximum absolute atomic E-state index is 5.81. The van der Waals surface area contributed by atoms with Crippen LogP contribution in [0.3, 0.4) is 0 Å². The second-order valence-electron chi connectivity index (χ2n) is 5.12. The van der Waals surface area contributed by atoms with Crippen LogP contribution in [0.2, 0.25) is 19.6 Å². The molecule has 0 saturated heterocycles. The number of rotatable bonds is 6. The van der Waals surface area contributed by atoms with Gasteiger partial charge in [-0.25, -0.2) is 0 Å². The summed E-state index contributed by atoms with van der Waals surface area (Å²) in [6.45, 7) is 12.9. The molecule has 1 atom stereocenters. The Bertz CT molecular complexity index is 354. The van der Waals surface area contributed by atoms with Crippen LogP contribution in [0.15, 0.2) is 42.7 Å². The first kappa shape index (κ1) is 14.0. The number of hydrogen-bond acceptors (Lipinski definition) is 2. The van der Waals surface area contributed by atoms with E-state index in [0.29, 0.717) is 6.61 Å². The van der Waals surface area contributed by atoms with Gasteiger partial charge in [0.15, 0.2) is 0 Å². The summed E-state index contributed by atoms with van der Waals surface area (Å²) in [5.74, 6) is 0.736. The van der Waals surface area contributed by atoms with Crippen LogP contribution in [0.25, 0.3) is 0 Å². The van der Waals surface area contributed by atoms with Gasteiger partial charge in [0, 0.05) is 0 Å². The minimum atomic E-state index is -1.57. The minimum absolute atomic E-state index is 0.0677. The second kappa shape index (κ2) is 6.03. The molecule has 1 aromatic rings. The normalized spacial score (nSPS) is 13.2. The molecule has 0 spiro atoms. The lowest BCUT2D eigenvalue weighted by molar-refractivity contribution is 0.0527. The van der Waals surface area contributed by atoms with E-state index >= 15 is 0 Å². The Labute approximate surface area is 105 Å². The first-order valence-electron chi connectivity index (χ1n) is 5.92. The molecular formula is C14H22O2Si. The maximum atomic E-state index is 5.81. The van der Waals surface area contributed by atoms with Crippen LogP contribution in [-0.2, 0) is 15.8 Å². The van der Waals surface area contributed by atoms with Crippen molar-refractivity contribution in [2.24, 2.45) is 0 Å². The van der Waals surface area contributed by atoms with Crippen molar-refractivity contribution in [3.05, 3.63) is 48.2 Å². The number of hydrogen-bond donors (Lipinski definition) is 0. The number of ether oxygens (including phenoxy) is 1. The molecule has 0 N–H and O–H groups in total. The van der Waals surface area contributed by atoms with E-state index in [9.17, 15) is 0 Å². The molecule has 1 aromatic carbocycles. The third-order valence-corrected chi connectivity index (χ3v) is 3.11. The van der Waals surface area contributed by atoms with Gasteiger partial charge in [0.05, 0.1) is 6.61 Å². The second-order valence-corrected chi connectivity index (χ2v) is 9.55. The van der Waals surface area contributed by atoms with E-state index < -0.39 is 8.32 Å². The molecule has 94 valence electrons. The summed E-state index contributed by atoms with van der Waals surface area (Å²) < 4.78 is 11.5. The van der Waals surface area contributed by atoms with Gasteiger partial charge in [0.2, 0.25) is 8.32 Å². The van der Waals surface area contributed by atoms with E-state index in [1.165, 1.54) is 5.56 Å². The highest BCUT2D eigenvalue weighted by molar-refractivity contribution is 6.70. The minimum Gasteiger partial charge on any atom is -0.546 e. The highest BCUT2D eigenvalue weighted by Gasteiger charge is 2.19. The zero-order chi connectivity index (χ0) is 12.9. The Morgan fingerprint density at radius 2 is 1.82 bits per heavy atom. The molecule has 3 heteroatoms. The predicted molar refractivity (Wildman–Crippen MR) is 74.3 cm³/mol. The van der Waals surface area contributed by atoms with Crippen molar-refractivity contribution in [1.82, 2.24) is 0 Å². The molecule has 0 fully saturated rings. The summed E-state index contributed by atoms with van der Waals surface area (Å²) in [7, 11) is -1.57. The SMILES string of the molecule is C=C(O[Si](C)(C)C)[C@H](C)OCc1ccccc1. The molecule has 0 radical (unpaired) electrons. The zero-order valence-corrected chi connectivity index (χ0v) is 12.2. The van der Waals surface area contributed by atoms with E-state index in [1.807, 2.05) is 25.1 Å². The Hall–Kier alpha value is -1.06. The quantitative estimate of drug-likeness (QED) is 0.562. The molecule has 0 aliphatic rings. The van der Waals surface area contributed by atoms with Crippen LogP contribution < -0.4 is 0 Å². The summed E-state index contributed by atoms with van der Waals surface area (Å²) in [6.07, 6.45) is -0.0677. The summed E-state index contributed by atoms with van der Waals surface area (Å²) in [4.78, 5) is 0. The van der Waals surface area contributed by atoms with E-state index in [4.69, 9.17) is 9.16 Å². The molecule has 0 unspecified atom stereocenters. The van der Waals surface area contributed by atoms with Crippen molar-refractivity contribution < 1.29 is 9.16 Å². The lowest BCUT2D eigenvalue weighted by Gasteiger charge is -2.25. The highest BCUT2D eigenvalue weighted by atomic mass is 28.4. The third kappa shape index (κ3) is 5.70. The molecule has 0 amide bonds. The van der Waals surface area contributed by atoms with Crippen molar-refractivity contribution in [3.8, 4) is 0 Å². The average Bonchev–Trinajstić information content (AvgIpc) is 2.25. The van der Waals surface area contributed by atoms with Crippen molar-refractivity contribution in [2.75, 3.05) is 0 Å². The van der Waals surface area contributed by atoms with Crippen LogP contribution >= 0.6 is 0 Å². The summed E-state index contributed by atoms with van der Waals surface area (Å²) >= 11 is 0. The Kier molecular flexibility index (Phi) is 4.96. The fraction of sp³-hybridized carbons (Fsp3) is 0.429. The van der Waals surface area contributed by atoms with Crippen LogP contribution in [0, 0.1) is 0 Å². The van der Waals surface area contributed by atoms with Gasteiger partial charge in [-0.2, -0.15) is 0 Å². The van der Waals surface area contributed by atoms with E-state index in [-0.39, 0.29) is 6.10 Å². The van der Waals surface area contributed by atoms with Gasteiger partial charge in [-0.1, -0.05) is 36.9 Å². The van der Waals surface area contributed by atoms with Crippen LogP contribution in [0.4, 0.5) is 0 Å². The van der Waals surface area contributed by atoms with Crippen LogP contribution in [0.5, 0.6) is 0 Å². The van der Waals surface area contributed by atoms with Crippen LogP contribution in [0.1, 0.15) is 12.5 Å². The van der Waals surface area contributed by atoms with Crippen molar-refractivity contribution >= 4 is 8.32 Å². The first-order chi connectivity index (χ1) is 7.88. The van der Waals surface area contributed by atoms with Gasteiger partial charge in [-0.05, 0) is 32.1 Å². The first-order valence-corrected chi connectivity index (χ1v) is 9.32. The Morgan fingerprint density at radius 3 is 2.35 bits per heavy atom. The van der Waals surface area contributed by atoms with Gasteiger partial charge in [-0.15, -0.1) is 0 Å². The van der Waals surface area contributed by atoms with Crippen LogP contribution in [-0.4, -0.2) is 14.4 Å². The molecule has 0 bridgehead atoms. The lowest BCUT2D eigenvalue weighted by Crippen LogP contribution is -2.28. The lowest BCUT2D eigenvalue weighted by atomic mass is 10.2. The van der Waals surface area contributed by atoms with Gasteiger partial charge in [-0.3, -0.25) is 0 Å². The predicted octanol–water partition coefficient (Wildman–Crippen LogP) is 3.96. The smallest absolute Gasteiger partial charge is 0.241 e. The van der Waals surface area contributed by atoms with Gasteiger partial charge < -0.3 is 9.16 Å². The van der Waals surface area contributed by atoms with Gasteiger partial charge in [0.1, 0.15) is 11.9 Å². The highest BCUT2D eigenvalue weighted by Crippen LogP contribution is 2.15. The molecular weight excluding hydrogens is 228 g/mol. The monoisotopic (exact) mass is 250 g/mol. The molecule has 0 heterocycles. The molecule has 0 aromatic heterocycles. The van der Waals surface area contributed by atoms with Crippen molar-refractivity contribution in [3.63, 3.8) is 0 Å². The fourth-order valence-corrected chi connectivity index (χ4v) is 2.32. The molecule has 17 heavy (non-hydrogen) atoms. The molecule has 1 rings (SSSR count). The number of benzene rings is 1. The van der Waals surface area contributed by atoms with E-state index in [0.717, 1.165) is 5.76 Å². The third-order valence-electron chi connectivity index (χ3n) is 2.23. The maximum Gasteiger partial charge on any atom is 0.241 e. The Morgan fingerprint density at radius 1 is 1.24 bits per heavy atom. The standard InChI is InChI=1S/C14H22O2Si/c1-12(13(2)16-17(3,4)5)15-11-14-9-7-6-8-10-14/h6-10,12H,2,11H2,1,3-5H3/t12-/m0/s1. The molecule has 0 aliphatic carbocycles. The average molecular weight is 250 g/mol. The van der Waals surface area contributed by atoms with E-state index in [2.05, 4.69) is 38.4 Å². The molecule has 2 nitrogen and oxygen atoms in total. The zero-order valence-electron chi connectivity index (χ0n) is 11.2. The topological polar surface area (TPSA) is 18.5 Å².